The molecule has 2 N–H and O–H groups in total. The summed E-state index contributed by atoms with van der Waals surface area (Å²) in [7, 11) is 0. The summed E-state index contributed by atoms with van der Waals surface area (Å²) in [6, 6.07) is 5.95. The minimum absolute atomic E-state index is 0.447. The Hall–Kier alpha value is -0.580. The molecule has 0 bridgehead atoms. The molecule has 1 heterocycles. The van der Waals surface area contributed by atoms with Crippen LogP contribution in [-0.4, -0.2) is 28.9 Å². The Labute approximate surface area is 117 Å². The first-order chi connectivity index (χ1) is 8.39. The number of halogens is 1. The second kappa shape index (κ2) is 5.19. The van der Waals surface area contributed by atoms with Crippen molar-refractivity contribution in [1.29, 1.82) is 0 Å². The number of piperidine rings is 1. The van der Waals surface area contributed by atoms with Crippen LogP contribution in [0.5, 0.6) is 0 Å². The molecule has 1 atom stereocenters. The lowest BCUT2D eigenvalue weighted by molar-refractivity contribution is 0.0351. The molecule has 1 aliphatic rings. The fourth-order valence-corrected chi connectivity index (χ4v) is 2.92. The zero-order valence-electron chi connectivity index (χ0n) is 10.9. The number of nitrogens with zero attached hydrogens (tertiary/aromatic N) is 1. The molecule has 1 fully saturated rings. The largest absolute Gasteiger partial charge is 0.390 e. The lowest BCUT2D eigenvalue weighted by Gasteiger charge is -2.37. The average molecular weight is 314 g/mol. The van der Waals surface area contributed by atoms with E-state index in [2.05, 4.69) is 20.8 Å². The van der Waals surface area contributed by atoms with Gasteiger partial charge in [0, 0.05) is 17.6 Å². The normalized spacial score (nSPS) is 20.8. The van der Waals surface area contributed by atoms with Crippen molar-refractivity contribution >= 4 is 21.6 Å². The number of rotatable bonds is 2. The van der Waals surface area contributed by atoms with Crippen molar-refractivity contribution in [2.45, 2.75) is 38.4 Å². The molecule has 1 aromatic rings. The molecule has 2 rings (SSSR count). The van der Waals surface area contributed by atoms with Gasteiger partial charge >= 0.3 is 0 Å². The van der Waals surface area contributed by atoms with Gasteiger partial charge in [0.2, 0.25) is 0 Å². The van der Waals surface area contributed by atoms with Gasteiger partial charge in [-0.2, -0.15) is 0 Å². The van der Waals surface area contributed by atoms with Gasteiger partial charge in [0.25, 0.3) is 0 Å². The molecular formula is C14H20BrNO2. The molecular weight excluding hydrogens is 294 g/mol. The summed E-state index contributed by atoms with van der Waals surface area (Å²) in [6.45, 7) is 5.38. The highest BCUT2D eigenvalue weighted by molar-refractivity contribution is 9.10. The molecule has 18 heavy (non-hydrogen) atoms. The zero-order chi connectivity index (χ0) is 13.3. The van der Waals surface area contributed by atoms with Gasteiger partial charge in [0.05, 0.1) is 17.4 Å². The maximum Gasteiger partial charge on any atom is 0.0762 e. The van der Waals surface area contributed by atoms with Crippen LogP contribution in [0.1, 0.15) is 38.4 Å². The highest BCUT2D eigenvalue weighted by atomic mass is 79.9. The van der Waals surface area contributed by atoms with Gasteiger partial charge in [-0.3, -0.25) is 0 Å². The number of hydrogen-bond donors (Lipinski definition) is 2. The van der Waals surface area contributed by atoms with Crippen molar-refractivity contribution in [2.75, 3.05) is 18.0 Å². The van der Waals surface area contributed by atoms with Crippen LogP contribution < -0.4 is 4.90 Å². The highest BCUT2D eigenvalue weighted by Crippen LogP contribution is 2.33. The van der Waals surface area contributed by atoms with Crippen molar-refractivity contribution in [2.24, 2.45) is 0 Å². The fourth-order valence-electron chi connectivity index (χ4n) is 2.27. The van der Waals surface area contributed by atoms with Crippen LogP contribution in [-0.2, 0) is 0 Å². The van der Waals surface area contributed by atoms with E-state index < -0.39 is 11.7 Å². The smallest absolute Gasteiger partial charge is 0.0762 e. The van der Waals surface area contributed by atoms with Crippen LogP contribution in [0.25, 0.3) is 0 Å². The molecule has 1 aliphatic heterocycles. The number of hydrogen-bond acceptors (Lipinski definition) is 3. The summed E-state index contributed by atoms with van der Waals surface area (Å²) in [5, 5.41) is 19.5. The van der Waals surface area contributed by atoms with Crippen molar-refractivity contribution in [1.82, 2.24) is 0 Å². The van der Waals surface area contributed by atoms with E-state index in [0.717, 1.165) is 41.7 Å². The molecule has 0 spiro atoms. The van der Waals surface area contributed by atoms with Crippen molar-refractivity contribution in [3.8, 4) is 0 Å². The minimum Gasteiger partial charge on any atom is -0.390 e. The Balaban J connectivity index is 2.15. The lowest BCUT2D eigenvalue weighted by Crippen LogP contribution is -2.42. The van der Waals surface area contributed by atoms with Crippen LogP contribution in [0, 0.1) is 0 Å². The maximum absolute atomic E-state index is 9.95. The Kier molecular flexibility index (Phi) is 3.99. The Morgan fingerprint density at radius 3 is 2.44 bits per heavy atom. The third kappa shape index (κ3) is 3.05. The molecule has 3 nitrogen and oxygen atoms in total. The molecule has 1 saturated heterocycles. The second-order valence-electron chi connectivity index (χ2n) is 5.37. The van der Waals surface area contributed by atoms with Crippen LogP contribution in [0.3, 0.4) is 0 Å². The van der Waals surface area contributed by atoms with Gasteiger partial charge in [-0.15, -0.1) is 0 Å². The average Bonchev–Trinajstić information content (AvgIpc) is 2.29. The van der Waals surface area contributed by atoms with E-state index in [1.807, 2.05) is 25.1 Å². The molecule has 0 saturated carbocycles. The molecule has 1 unspecified atom stereocenters. The summed E-state index contributed by atoms with van der Waals surface area (Å²) >= 11 is 3.56. The van der Waals surface area contributed by atoms with E-state index in [0.29, 0.717) is 0 Å². The number of aliphatic hydroxyl groups excluding tert-OH is 1. The Bertz CT molecular complexity index is 422. The van der Waals surface area contributed by atoms with E-state index in [1.54, 1.807) is 6.92 Å². The summed E-state index contributed by atoms with van der Waals surface area (Å²) in [4.78, 5) is 2.27. The zero-order valence-corrected chi connectivity index (χ0v) is 12.4. The quantitative estimate of drug-likeness (QED) is 0.882. The summed E-state index contributed by atoms with van der Waals surface area (Å²) in [6.07, 6.45) is 1.13. The molecule has 0 radical (unpaired) electrons. The Morgan fingerprint density at radius 2 is 1.94 bits per heavy atom. The van der Waals surface area contributed by atoms with Gasteiger partial charge < -0.3 is 15.1 Å². The van der Waals surface area contributed by atoms with E-state index in [4.69, 9.17) is 0 Å². The SMILES string of the molecule is CC(O)c1ccc(N2CCC(C)(O)CC2)c(Br)c1. The van der Waals surface area contributed by atoms with Gasteiger partial charge in [0.1, 0.15) is 0 Å². The number of anilines is 1. The lowest BCUT2D eigenvalue weighted by atomic mass is 9.93. The van der Waals surface area contributed by atoms with Crippen molar-refractivity contribution in [3.05, 3.63) is 28.2 Å². The fraction of sp³-hybridized carbons (Fsp3) is 0.571. The first kappa shape index (κ1) is 13.8. The first-order valence-corrected chi connectivity index (χ1v) is 7.13. The standard InChI is InChI=1S/C14H20BrNO2/c1-10(17)11-3-4-13(12(15)9-11)16-7-5-14(2,18)6-8-16/h3-4,9-10,17-18H,5-8H2,1-2H3. The summed E-state index contributed by atoms with van der Waals surface area (Å²) < 4.78 is 1.00. The van der Waals surface area contributed by atoms with Crippen LogP contribution in [0.15, 0.2) is 22.7 Å². The highest BCUT2D eigenvalue weighted by Gasteiger charge is 2.28. The van der Waals surface area contributed by atoms with E-state index in [1.165, 1.54) is 0 Å². The van der Waals surface area contributed by atoms with E-state index >= 15 is 0 Å². The van der Waals surface area contributed by atoms with Gasteiger partial charge in [-0.25, -0.2) is 0 Å². The minimum atomic E-state index is -0.525. The van der Waals surface area contributed by atoms with Gasteiger partial charge in [-0.1, -0.05) is 6.07 Å². The van der Waals surface area contributed by atoms with E-state index in [9.17, 15) is 10.2 Å². The molecule has 0 aromatic heterocycles. The third-order valence-corrected chi connectivity index (χ3v) is 4.27. The topological polar surface area (TPSA) is 43.7 Å². The van der Waals surface area contributed by atoms with Crippen LogP contribution in [0.4, 0.5) is 5.69 Å². The first-order valence-electron chi connectivity index (χ1n) is 6.34. The maximum atomic E-state index is 9.95. The Morgan fingerprint density at radius 1 is 1.33 bits per heavy atom. The predicted molar refractivity (Wildman–Crippen MR) is 76.8 cm³/mol. The monoisotopic (exact) mass is 313 g/mol. The van der Waals surface area contributed by atoms with Crippen molar-refractivity contribution in [3.63, 3.8) is 0 Å². The number of aliphatic hydroxyl groups is 2. The number of benzene rings is 1. The van der Waals surface area contributed by atoms with Crippen LogP contribution in [0.2, 0.25) is 0 Å². The van der Waals surface area contributed by atoms with Gasteiger partial charge in [0.15, 0.2) is 0 Å². The van der Waals surface area contributed by atoms with E-state index in [-0.39, 0.29) is 0 Å². The molecule has 0 aliphatic carbocycles. The third-order valence-electron chi connectivity index (χ3n) is 3.64. The van der Waals surface area contributed by atoms with Crippen LogP contribution >= 0.6 is 15.9 Å². The summed E-state index contributed by atoms with van der Waals surface area (Å²) in [5.41, 5.74) is 1.52. The molecule has 0 amide bonds. The predicted octanol–water partition coefficient (Wildman–Crippen LogP) is 2.85. The van der Waals surface area contributed by atoms with Gasteiger partial charge in [-0.05, 0) is 60.3 Å². The molecule has 1 aromatic carbocycles. The molecule has 4 heteroatoms. The molecule has 100 valence electrons. The summed E-state index contributed by atoms with van der Waals surface area (Å²) in [5.74, 6) is 0. The second-order valence-corrected chi connectivity index (χ2v) is 6.23. The van der Waals surface area contributed by atoms with Crippen molar-refractivity contribution < 1.29 is 10.2 Å².